The molecule has 1 aliphatic rings. The lowest BCUT2D eigenvalue weighted by molar-refractivity contribution is -0.143. The highest BCUT2D eigenvalue weighted by Crippen LogP contribution is 2.34. The summed E-state index contributed by atoms with van der Waals surface area (Å²) in [4.78, 5) is 22.2. The summed E-state index contributed by atoms with van der Waals surface area (Å²) in [7, 11) is 0. The van der Waals surface area contributed by atoms with Crippen molar-refractivity contribution in [3.8, 4) is 28.6 Å². The third-order valence-corrected chi connectivity index (χ3v) is 6.13. The van der Waals surface area contributed by atoms with Crippen LogP contribution in [0.15, 0.2) is 40.9 Å². The van der Waals surface area contributed by atoms with Crippen molar-refractivity contribution >= 4 is 11.7 Å². The van der Waals surface area contributed by atoms with E-state index in [1.165, 1.54) is 11.1 Å². The number of hydrogen-bond donors (Lipinski definition) is 0. The Morgan fingerprint density at radius 1 is 1.14 bits per heavy atom. The molecule has 2 heterocycles. The van der Waals surface area contributed by atoms with Crippen molar-refractivity contribution in [2.45, 2.75) is 52.6 Å². The van der Waals surface area contributed by atoms with Crippen LogP contribution in [0.3, 0.4) is 0 Å². The molecule has 0 bridgehead atoms. The Kier molecular flexibility index (Phi) is 8.34. The van der Waals surface area contributed by atoms with Gasteiger partial charge in [0.15, 0.2) is 0 Å². The molecule has 2 aromatic carbocycles. The van der Waals surface area contributed by atoms with Gasteiger partial charge >= 0.3 is 5.97 Å². The van der Waals surface area contributed by atoms with Crippen LogP contribution in [0.5, 0.6) is 5.75 Å². The third-order valence-electron chi connectivity index (χ3n) is 6.13. The Bertz CT molecular complexity index is 1240. The van der Waals surface area contributed by atoms with Crippen LogP contribution in [0.4, 0.5) is 5.69 Å². The molecule has 3 aromatic rings. The van der Waals surface area contributed by atoms with E-state index in [0.29, 0.717) is 41.7 Å². The van der Waals surface area contributed by atoms with Crippen molar-refractivity contribution in [3.63, 3.8) is 0 Å². The van der Waals surface area contributed by atoms with Crippen molar-refractivity contribution in [1.29, 1.82) is 0 Å². The quantitative estimate of drug-likeness (QED) is 0.291. The average Bonchev–Trinajstić information content (AvgIpc) is 3.27. The number of benzene rings is 2. The van der Waals surface area contributed by atoms with Crippen molar-refractivity contribution < 1.29 is 18.8 Å². The molecule has 8 heteroatoms. The summed E-state index contributed by atoms with van der Waals surface area (Å²) in [5, 5.41) is 4.20. The topological polar surface area (TPSA) is 82.1 Å². The molecule has 1 aliphatic heterocycles. The van der Waals surface area contributed by atoms with Gasteiger partial charge in [-0.3, -0.25) is 4.79 Å². The summed E-state index contributed by atoms with van der Waals surface area (Å²) in [6, 6.07) is 11.7. The molecule has 1 aromatic heterocycles. The van der Waals surface area contributed by atoms with Crippen molar-refractivity contribution in [2.24, 2.45) is 0 Å². The highest BCUT2D eigenvalue weighted by molar-refractivity contribution is 5.70. The number of esters is 1. The van der Waals surface area contributed by atoms with Crippen molar-refractivity contribution in [2.75, 3.05) is 26.2 Å². The van der Waals surface area contributed by atoms with E-state index in [1.807, 2.05) is 32.9 Å². The van der Waals surface area contributed by atoms with Gasteiger partial charge in [0, 0.05) is 30.6 Å². The summed E-state index contributed by atoms with van der Waals surface area (Å²) in [5.41, 5.74) is 4.63. The maximum Gasteiger partial charge on any atom is 0.305 e. The van der Waals surface area contributed by atoms with Crippen LogP contribution < -0.4 is 4.74 Å². The normalized spacial score (nSPS) is 13.6. The smallest absolute Gasteiger partial charge is 0.305 e. The lowest BCUT2D eigenvalue weighted by Gasteiger charge is -2.19. The van der Waals surface area contributed by atoms with Gasteiger partial charge in [-0.15, -0.1) is 0 Å². The first-order chi connectivity index (χ1) is 17.5. The fourth-order valence-electron chi connectivity index (χ4n) is 4.36. The molecule has 0 unspecified atom stereocenters. The molecule has 4 rings (SSSR count). The number of carbonyl (C=O) groups is 1. The van der Waals surface area contributed by atoms with Gasteiger partial charge in [0.05, 0.1) is 19.3 Å². The highest BCUT2D eigenvalue weighted by atomic mass is 16.5. The average molecular weight is 489 g/mol. The number of fused-ring (bicyclic) bond motifs is 1. The maximum absolute atomic E-state index is 11.6. The van der Waals surface area contributed by atoms with Crippen LogP contribution >= 0.6 is 0 Å². The van der Waals surface area contributed by atoms with E-state index >= 15 is 0 Å². The first-order valence-electron chi connectivity index (χ1n) is 12.5. The van der Waals surface area contributed by atoms with Crippen molar-refractivity contribution in [3.05, 3.63) is 58.9 Å². The fraction of sp³-hybridized carbons (Fsp3) is 0.429. The predicted molar refractivity (Wildman–Crippen MR) is 137 cm³/mol. The number of aromatic nitrogens is 2. The summed E-state index contributed by atoms with van der Waals surface area (Å²) in [5.74, 6) is 1.32. The summed E-state index contributed by atoms with van der Waals surface area (Å²) >= 11 is 0. The summed E-state index contributed by atoms with van der Waals surface area (Å²) in [6.45, 7) is 16.4. The van der Waals surface area contributed by atoms with E-state index in [0.717, 1.165) is 44.5 Å². The first kappa shape index (κ1) is 25.4. The van der Waals surface area contributed by atoms with Crippen LogP contribution in [0.2, 0.25) is 0 Å². The van der Waals surface area contributed by atoms with Gasteiger partial charge in [-0.25, -0.2) is 4.85 Å². The van der Waals surface area contributed by atoms with Crippen molar-refractivity contribution in [1.82, 2.24) is 15.0 Å². The minimum Gasteiger partial charge on any atom is -0.502 e. The van der Waals surface area contributed by atoms with Crippen LogP contribution in [-0.2, 0) is 22.4 Å². The second-order valence-electron chi connectivity index (χ2n) is 9.12. The minimum absolute atomic E-state index is 0.0174. The maximum atomic E-state index is 11.6. The van der Waals surface area contributed by atoms with Crippen LogP contribution in [0.25, 0.3) is 27.7 Å². The molecule has 188 valence electrons. The van der Waals surface area contributed by atoms with E-state index in [-0.39, 0.29) is 12.1 Å². The molecule has 0 saturated carbocycles. The molecule has 0 N–H and O–H groups in total. The van der Waals surface area contributed by atoms with Gasteiger partial charge in [-0.2, -0.15) is 4.98 Å². The predicted octanol–water partition coefficient (Wildman–Crippen LogP) is 5.49. The van der Waals surface area contributed by atoms with Gasteiger partial charge in [-0.1, -0.05) is 17.3 Å². The SMILES string of the molecule is [C-]#[N+]c1cc(-c2nc(-c3ccc4c(c3)CCN(CCCC(=O)OCC)CC4)no2)ccc1OC(C)C. The van der Waals surface area contributed by atoms with Gasteiger partial charge in [0.25, 0.3) is 5.89 Å². The molecule has 36 heavy (non-hydrogen) atoms. The zero-order chi connectivity index (χ0) is 25.5. The molecular weight excluding hydrogens is 456 g/mol. The third kappa shape index (κ3) is 6.29. The second kappa shape index (κ2) is 11.8. The number of rotatable bonds is 9. The number of carbonyl (C=O) groups excluding carboxylic acids is 1. The van der Waals surface area contributed by atoms with Gasteiger partial charge in [0.2, 0.25) is 11.5 Å². The van der Waals surface area contributed by atoms with E-state index < -0.39 is 0 Å². The molecule has 0 aliphatic carbocycles. The van der Waals surface area contributed by atoms with Gasteiger partial charge < -0.3 is 18.9 Å². The number of hydrogen-bond acceptors (Lipinski definition) is 7. The molecular formula is C28H32N4O4. The second-order valence-corrected chi connectivity index (χ2v) is 9.12. The Hall–Kier alpha value is -3.70. The molecule has 0 spiro atoms. The summed E-state index contributed by atoms with van der Waals surface area (Å²) in [6.07, 6.45) is 3.16. The molecule has 0 fully saturated rings. The van der Waals surface area contributed by atoms with E-state index in [2.05, 4.69) is 32.0 Å². The summed E-state index contributed by atoms with van der Waals surface area (Å²) < 4.78 is 16.3. The molecule has 0 atom stereocenters. The first-order valence-corrected chi connectivity index (χ1v) is 12.5. The monoisotopic (exact) mass is 488 g/mol. The standard InChI is InChI=1S/C28H32N4O4/c1-5-34-26(33)7-6-14-32-15-12-20-8-9-22(17-21(20)13-16-32)27-30-28(36-31-27)23-10-11-25(35-19(2)3)24(18-23)29-4/h8-11,17-19H,5-7,12-16H2,1-3H3. The highest BCUT2D eigenvalue weighted by Gasteiger charge is 2.18. The Balaban J connectivity index is 1.43. The number of ether oxygens (including phenoxy) is 2. The fourth-order valence-corrected chi connectivity index (χ4v) is 4.36. The molecule has 0 saturated heterocycles. The van der Waals surface area contributed by atoms with E-state index in [4.69, 9.17) is 20.6 Å². The van der Waals surface area contributed by atoms with E-state index in [9.17, 15) is 4.79 Å². The van der Waals surface area contributed by atoms with Crippen LogP contribution in [0, 0.1) is 6.57 Å². The Labute approximate surface area is 212 Å². The largest absolute Gasteiger partial charge is 0.502 e. The number of nitrogens with zero attached hydrogens (tertiary/aromatic N) is 4. The van der Waals surface area contributed by atoms with Gasteiger partial charge in [0.1, 0.15) is 5.75 Å². The zero-order valence-electron chi connectivity index (χ0n) is 21.1. The Morgan fingerprint density at radius 3 is 2.67 bits per heavy atom. The lowest BCUT2D eigenvalue weighted by atomic mass is 10.00. The molecule has 8 nitrogen and oxygen atoms in total. The Morgan fingerprint density at radius 2 is 1.92 bits per heavy atom. The molecule has 0 amide bonds. The minimum atomic E-state index is -0.120. The van der Waals surface area contributed by atoms with Crippen LogP contribution in [-0.4, -0.2) is 53.4 Å². The molecule has 0 radical (unpaired) electrons. The van der Waals surface area contributed by atoms with Crippen LogP contribution in [0.1, 0.15) is 44.7 Å². The lowest BCUT2D eigenvalue weighted by Crippen LogP contribution is -2.28. The zero-order valence-corrected chi connectivity index (χ0v) is 21.1. The van der Waals surface area contributed by atoms with E-state index in [1.54, 1.807) is 12.1 Å². The van der Waals surface area contributed by atoms with Gasteiger partial charge in [-0.05, 0) is 82.0 Å².